The van der Waals surface area contributed by atoms with Gasteiger partial charge < -0.3 is 19.3 Å². The van der Waals surface area contributed by atoms with Gasteiger partial charge >= 0.3 is 18.1 Å². The normalized spacial score (nSPS) is 23.1. The number of hydrogen-bond donors (Lipinski definition) is 1. The molecular formula is C20H17ClF5NO5S. The second kappa shape index (κ2) is 9.51. The maximum Gasteiger partial charge on any atom is 0.418 e. The average Bonchev–Trinajstić information content (AvgIpc) is 2.71. The van der Waals surface area contributed by atoms with E-state index in [0.29, 0.717) is 12.1 Å². The number of rotatable bonds is 5. The fraction of sp³-hybridized carbons (Fsp3) is 0.400. The topological polar surface area (TPSA) is 87.7 Å². The molecule has 0 saturated carbocycles. The summed E-state index contributed by atoms with van der Waals surface area (Å²) in [6.45, 7) is -0.117. The molecule has 1 aromatic rings. The van der Waals surface area contributed by atoms with Crippen LogP contribution in [0.1, 0.15) is 24.0 Å². The van der Waals surface area contributed by atoms with Crippen molar-refractivity contribution in [3.63, 3.8) is 0 Å². The molecule has 1 saturated heterocycles. The average molecular weight is 514 g/mol. The number of carbonyl (C=O) groups excluding carboxylic acids is 2. The van der Waals surface area contributed by atoms with Gasteiger partial charge in [0.1, 0.15) is 24.0 Å². The van der Waals surface area contributed by atoms with E-state index < -0.39 is 86.8 Å². The van der Waals surface area contributed by atoms with Gasteiger partial charge in [0.05, 0.1) is 40.5 Å². The van der Waals surface area contributed by atoms with Gasteiger partial charge in [0, 0.05) is 11.3 Å². The molecular weight excluding hydrogens is 497 g/mol. The Morgan fingerprint density at radius 3 is 2.39 bits per heavy atom. The van der Waals surface area contributed by atoms with E-state index in [4.69, 9.17) is 16.3 Å². The van der Waals surface area contributed by atoms with E-state index in [0.717, 1.165) is 7.11 Å². The zero-order valence-corrected chi connectivity index (χ0v) is 18.7. The fourth-order valence-corrected chi connectivity index (χ4v) is 4.84. The van der Waals surface area contributed by atoms with E-state index in [2.05, 4.69) is 10.1 Å². The second-order valence-electron chi connectivity index (χ2n) is 7.23. The van der Waals surface area contributed by atoms with E-state index in [1.165, 1.54) is 6.92 Å². The molecule has 1 N–H and O–H groups in total. The van der Waals surface area contributed by atoms with Crippen molar-refractivity contribution in [1.82, 2.24) is 5.32 Å². The molecule has 3 rings (SSSR count). The smallest absolute Gasteiger partial charge is 0.418 e. The molecule has 0 amide bonds. The number of benzene rings is 1. The highest BCUT2D eigenvalue weighted by atomic mass is 35.5. The number of ether oxygens (including phenoxy) is 2. The standard InChI is InChI=1S/C20H17ClF5NO5S/c1-8-13(19(29)32-9-6-33(30)7-9)16(15(18(28)31-2)12(5-22)27-8)14-11(23)4-3-10(21)17(14)20(24,25)26/h3-4,9,16,27H,5-7H2,1-2H3/t9-,16?,33+. The molecule has 6 nitrogen and oxygen atoms in total. The highest BCUT2D eigenvalue weighted by Crippen LogP contribution is 2.48. The highest BCUT2D eigenvalue weighted by molar-refractivity contribution is 7.92. The van der Waals surface area contributed by atoms with Crippen LogP contribution in [-0.2, 0) is 36.4 Å². The third-order valence-corrected chi connectivity index (χ3v) is 6.94. The summed E-state index contributed by atoms with van der Waals surface area (Å²) in [6, 6.07) is 1.33. The molecule has 0 spiro atoms. The summed E-state index contributed by atoms with van der Waals surface area (Å²) in [5.41, 5.74) is -4.72. The Bertz CT molecular complexity index is 1050. The molecule has 0 bridgehead atoms. The molecule has 2 aliphatic heterocycles. The zero-order valence-electron chi connectivity index (χ0n) is 17.1. The van der Waals surface area contributed by atoms with E-state index in [9.17, 15) is 31.7 Å². The van der Waals surface area contributed by atoms with Gasteiger partial charge in [-0.2, -0.15) is 13.2 Å². The lowest BCUT2D eigenvalue weighted by molar-refractivity contribution is -0.144. The van der Waals surface area contributed by atoms with Crippen LogP contribution in [0.5, 0.6) is 0 Å². The maximum absolute atomic E-state index is 15.0. The largest absolute Gasteiger partial charge is 0.616 e. The SMILES string of the molecule is COC(=O)C1=C(CF)NC(C)=C(C(=O)O[C@H]2C[S@@+]([O-])C2)C1c1c(F)ccc(Cl)c1C(F)(F)F. The lowest BCUT2D eigenvalue weighted by Gasteiger charge is -2.34. The van der Waals surface area contributed by atoms with Crippen LogP contribution in [-0.4, -0.2) is 47.9 Å². The molecule has 0 aliphatic carbocycles. The molecule has 33 heavy (non-hydrogen) atoms. The molecule has 1 unspecified atom stereocenters. The van der Waals surface area contributed by atoms with Gasteiger partial charge in [0.2, 0.25) is 0 Å². The Balaban J connectivity index is 2.28. The molecule has 0 radical (unpaired) electrons. The number of alkyl halides is 4. The Morgan fingerprint density at radius 2 is 1.88 bits per heavy atom. The minimum absolute atomic E-state index is 0.0188. The van der Waals surface area contributed by atoms with Gasteiger partial charge in [-0.25, -0.2) is 18.4 Å². The van der Waals surface area contributed by atoms with Crippen LogP contribution in [0.2, 0.25) is 5.02 Å². The summed E-state index contributed by atoms with van der Waals surface area (Å²) >= 11 is 4.55. The first kappa shape index (κ1) is 25.3. The molecule has 1 atom stereocenters. The summed E-state index contributed by atoms with van der Waals surface area (Å²) in [4.78, 5) is 25.5. The van der Waals surface area contributed by atoms with Gasteiger partial charge in [0.15, 0.2) is 6.10 Å². The zero-order chi connectivity index (χ0) is 24.7. The fourth-order valence-electron chi connectivity index (χ4n) is 3.70. The summed E-state index contributed by atoms with van der Waals surface area (Å²) in [5.74, 6) is -5.90. The predicted octanol–water partition coefficient (Wildman–Crippen LogP) is 3.53. The summed E-state index contributed by atoms with van der Waals surface area (Å²) in [5, 5.41) is 1.57. The van der Waals surface area contributed by atoms with Gasteiger partial charge in [0.25, 0.3) is 0 Å². The third-order valence-electron chi connectivity index (χ3n) is 5.13. The molecule has 0 aromatic heterocycles. The van der Waals surface area contributed by atoms with Crippen LogP contribution >= 0.6 is 11.6 Å². The number of nitrogens with one attached hydrogen (secondary N) is 1. The van der Waals surface area contributed by atoms with Crippen molar-refractivity contribution in [2.24, 2.45) is 0 Å². The maximum atomic E-state index is 15.0. The van der Waals surface area contributed by atoms with Crippen molar-refractivity contribution in [3.05, 3.63) is 56.6 Å². The Morgan fingerprint density at radius 1 is 1.24 bits per heavy atom. The molecule has 13 heteroatoms. The van der Waals surface area contributed by atoms with Crippen LogP contribution in [0, 0.1) is 5.82 Å². The van der Waals surface area contributed by atoms with Crippen molar-refractivity contribution in [2.45, 2.75) is 25.1 Å². The Kier molecular flexibility index (Phi) is 7.30. The van der Waals surface area contributed by atoms with Gasteiger partial charge in [-0.1, -0.05) is 11.6 Å². The van der Waals surface area contributed by atoms with E-state index in [1.807, 2.05) is 0 Å². The number of dihydropyridines is 1. The van der Waals surface area contributed by atoms with Gasteiger partial charge in [-0.15, -0.1) is 0 Å². The monoisotopic (exact) mass is 513 g/mol. The van der Waals surface area contributed by atoms with Crippen LogP contribution in [0.3, 0.4) is 0 Å². The number of esters is 2. The number of methoxy groups -OCH3 is 1. The van der Waals surface area contributed by atoms with E-state index in [-0.39, 0.29) is 17.2 Å². The molecule has 180 valence electrons. The predicted molar refractivity (Wildman–Crippen MR) is 108 cm³/mol. The van der Waals surface area contributed by atoms with Crippen molar-refractivity contribution in [2.75, 3.05) is 25.3 Å². The molecule has 2 heterocycles. The minimum Gasteiger partial charge on any atom is -0.616 e. The lowest BCUT2D eigenvalue weighted by atomic mass is 9.78. The Hall–Kier alpha value is -2.31. The first-order chi connectivity index (χ1) is 15.4. The number of carbonyl (C=O) groups is 2. The first-order valence-electron chi connectivity index (χ1n) is 9.36. The summed E-state index contributed by atoms with van der Waals surface area (Å²) < 4.78 is 91.8. The van der Waals surface area contributed by atoms with Gasteiger partial charge in [-0.3, -0.25) is 0 Å². The molecule has 1 aromatic carbocycles. The molecule has 2 aliphatic rings. The van der Waals surface area contributed by atoms with Crippen molar-refractivity contribution >= 4 is 34.7 Å². The third kappa shape index (κ3) is 4.82. The van der Waals surface area contributed by atoms with Crippen molar-refractivity contribution in [1.29, 1.82) is 0 Å². The minimum atomic E-state index is -5.19. The number of hydrogen-bond acceptors (Lipinski definition) is 6. The lowest BCUT2D eigenvalue weighted by Crippen LogP contribution is -2.45. The van der Waals surface area contributed by atoms with Crippen LogP contribution in [0.25, 0.3) is 0 Å². The van der Waals surface area contributed by atoms with Crippen molar-refractivity contribution in [3.8, 4) is 0 Å². The van der Waals surface area contributed by atoms with E-state index in [1.54, 1.807) is 0 Å². The Labute approximate surface area is 192 Å². The first-order valence-corrected chi connectivity index (χ1v) is 11.2. The summed E-state index contributed by atoms with van der Waals surface area (Å²) in [7, 11) is 0.897. The van der Waals surface area contributed by atoms with Crippen molar-refractivity contribution < 1.29 is 45.6 Å². The van der Waals surface area contributed by atoms with Gasteiger partial charge in [-0.05, 0) is 30.2 Å². The van der Waals surface area contributed by atoms with Crippen LogP contribution in [0.15, 0.2) is 34.7 Å². The summed E-state index contributed by atoms with van der Waals surface area (Å²) in [6.07, 6.45) is -5.97. The van der Waals surface area contributed by atoms with Crippen LogP contribution < -0.4 is 5.32 Å². The number of allylic oxidation sites excluding steroid dienone is 2. The molecule has 1 fully saturated rings. The quantitative estimate of drug-likeness (QED) is 0.368. The highest BCUT2D eigenvalue weighted by Gasteiger charge is 2.47. The van der Waals surface area contributed by atoms with Crippen LogP contribution in [0.4, 0.5) is 22.0 Å². The number of halogens is 6. The second-order valence-corrected chi connectivity index (χ2v) is 9.18. The van der Waals surface area contributed by atoms with E-state index >= 15 is 4.39 Å².